The summed E-state index contributed by atoms with van der Waals surface area (Å²) in [4.78, 5) is 21.2. The molecule has 3 heterocycles. The largest absolute Gasteiger partial charge is 0.354 e. The molecule has 4 rings (SSSR count). The SMILES string of the molecule is CC(NC(=O)c1ccc(Nc2cccnc2)cc1)c1cnc2n1CCCC2. The summed E-state index contributed by atoms with van der Waals surface area (Å²) in [5.74, 6) is 1.05. The van der Waals surface area contributed by atoms with E-state index in [0.29, 0.717) is 5.56 Å². The van der Waals surface area contributed by atoms with Gasteiger partial charge < -0.3 is 15.2 Å². The van der Waals surface area contributed by atoms with Crippen LogP contribution in [0.1, 0.15) is 47.7 Å². The Hall–Kier alpha value is -3.15. The van der Waals surface area contributed by atoms with E-state index in [1.807, 2.05) is 49.5 Å². The molecule has 0 bridgehead atoms. The second-order valence-corrected chi connectivity index (χ2v) is 6.85. The van der Waals surface area contributed by atoms with Gasteiger partial charge in [0.15, 0.2) is 0 Å². The fraction of sp³-hybridized carbons (Fsp3) is 0.286. The Labute approximate surface area is 158 Å². The third kappa shape index (κ3) is 3.84. The Morgan fingerprint density at radius 2 is 1.96 bits per heavy atom. The lowest BCUT2D eigenvalue weighted by atomic mass is 10.1. The molecular weight excluding hydrogens is 338 g/mol. The van der Waals surface area contributed by atoms with Crippen LogP contribution >= 0.6 is 0 Å². The van der Waals surface area contributed by atoms with Gasteiger partial charge in [0.25, 0.3) is 5.91 Å². The van der Waals surface area contributed by atoms with E-state index in [2.05, 4.69) is 25.2 Å². The summed E-state index contributed by atoms with van der Waals surface area (Å²) in [7, 11) is 0. The summed E-state index contributed by atoms with van der Waals surface area (Å²) in [6.07, 6.45) is 8.77. The molecule has 1 atom stereocenters. The number of imidazole rings is 1. The van der Waals surface area contributed by atoms with Gasteiger partial charge in [-0.2, -0.15) is 0 Å². The molecule has 0 fully saturated rings. The number of nitrogens with one attached hydrogen (secondary N) is 2. The first-order valence-corrected chi connectivity index (χ1v) is 9.33. The predicted octanol–water partition coefficient (Wildman–Crippen LogP) is 3.85. The first kappa shape index (κ1) is 17.3. The highest BCUT2D eigenvalue weighted by Gasteiger charge is 2.19. The van der Waals surface area contributed by atoms with E-state index in [4.69, 9.17) is 0 Å². The highest BCUT2D eigenvalue weighted by Crippen LogP contribution is 2.21. The molecule has 0 saturated carbocycles. The topological polar surface area (TPSA) is 71.8 Å². The third-order valence-corrected chi connectivity index (χ3v) is 4.89. The van der Waals surface area contributed by atoms with Gasteiger partial charge in [-0.15, -0.1) is 0 Å². The molecule has 0 saturated heterocycles. The average molecular weight is 361 g/mol. The number of nitrogens with zero attached hydrogens (tertiary/aromatic N) is 3. The predicted molar refractivity (Wildman–Crippen MR) is 105 cm³/mol. The van der Waals surface area contributed by atoms with Crippen LogP contribution in [-0.2, 0) is 13.0 Å². The van der Waals surface area contributed by atoms with Gasteiger partial charge >= 0.3 is 0 Å². The Kier molecular flexibility index (Phi) is 4.87. The standard InChI is InChI=1S/C21H23N5O/c1-15(19-14-23-20-6-2-3-12-26(19)20)24-21(27)16-7-9-17(10-8-16)25-18-5-4-11-22-13-18/h4-5,7-11,13-15,25H,2-3,6,12H2,1H3,(H,24,27). The van der Waals surface area contributed by atoms with E-state index in [1.165, 1.54) is 12.8 Å². The van der Waals surface area contributed by atoms with Gasteiger partial charge in [0.1, 0.15) is 5.82 Å². The summed E-state index contributed by atoms with van der Waals surface area (Å²) in [5.41, 5.74) is 3.54. The van der Waals surface area contributed by atoms with E-state index in [1.54, 1.807) is 12.4 Å². The van der Waals surface area contributed by atoms with Crippen molar-refractivity contribution in [3.8, 4) is 0 Å². The van der Waals surface area contributed by atoms with Crippen molar-refractivity contribution in [3.63, 3.8) is 0 Å². The minimum absolute atomic E-state index is 0.0787. The molecule has 1 aromatic carbocycles. The fourth-order valence-electron chi connectivity index (χ4n) is 3.45. The van der Waals surface area contributed by atoms with E-state index in [-0.39, 0.29) is 11.9 Å². The third-order valence-electron chi connectivity index (χ3n) is 4.89. The molecule has 138 valence electrons. The van der Waals surface area contributed by atoms with Crippen molar-refractivity contribution in [1.29, 1.82) is 0 Å². The lowest BCUT2D eigenvalue weighted by molar-refractivity contribution is 0.0938. The maximum absolute atomic E-state index is 12.6. The molecule has 6 heteroatoms. The van der Waals surface area contributed by atoms with Crippen molar-refractivity contribution in [2.24, 2.45) is 0 Å². The van der Waals surface area contributed by atoms with Crippen molar-refractivity contribution in [3.05, 3.63) is 72.1 Å². The summed E-state index contributed by atoms with van der Waals surface area (Å²) >= 11 is 0. The van der Waals surface area contributed by atoms with Crippen LogP contribution in [0.4, 0.5) is 11.4 Å². The highest BCUT2D eigenvalue weighted by atomic mass is 16.1. The lowest BCUT2D eigenvalue weighted by Crippen LogP contribution is -2.28. The first-order chi connectivity index (χ1) is 13.2. The maximum atomic E-state index is 12.6. The quantitative estimate of drug-likeness (QED) is 0.724. The number of carbonyl (C=O) groups is 1. The summed E-state index contributed by atoms with van der Waals surface area (Å²) in [6, 6.07) is 11.2. The monoisotopic (exact) mass is 361 g/mol. The molecular formula is C21H23N5O. The van der Waals surface area contributed by atoms with E-state index in [9.17, 15) is 4.79 Å². The smallest absolute Gasteiger partial charge is 0.251 e. The number of rotatable bonds is 5. The Bertz CT molecular complexity index is 918. The average Bonchev–Trinajstić information content (AvgIpc) is 3.13. The van der Waals surface area contributed by atoms with Crippen molar-refractivity contribution in [2.75, 3.05) is 5.32 Å². The Balaban J connectivity index is 1.41. The minimum Gasteiger partial charge on any atom is -0.354 e. The molecule has 1 amide bonds. The molecule has 1 unspecified atom stereocenters. The summed E-state index contributed by atoms with van der Waals surface area (Å²) in [5, 5.41) is 6.35. The number of hydrogen-bond donors (Lipinski definition) is 2. The van der Waals surface area contributed by atoms with Crippen LogP contribution in [0, 0.1) is 0 Å². The molecule has 0 spiro atoms. The van der Waals surface area contributed by atoms with Gasteiger partial charge in [0.05, 0.1) is 29.8 Å². The lowest BCUT2D eigenvalue weighted by Gasteiger charge is -2.20. The second-order valence-electron chi connectivity index (χ2n) is 6.85. The number of pyridine rings is 1. The van der Waals surface area contributed by atoms with Crippen LogP contribution in [0.15, 0.2) is 55.0 Å². The molecule has 1 aliphatic heterocycles. The fourth-order valence-corrected chi connectivity index (χ4v) is 3.45. The molecule has 3 aromatic rings. The highest BCUT2D eigenvalue weighted by molar-refractivity contribution is 5.94. The van der Waals surface area contributed by atoms with Crippen LogP contribution < -0.4 is 10.6 Å². The molecule has 6 nitrogen and oxygen atoms in total. The van der Waals surface area contributed by atoms with Crippen molar-refractivity contribution >= 4 is 17.3 Å². The van der Waals surface area contributed by atoms with Crippen LogP contribution in [0.3, 0.4) is 0 Å². The molecule has 2 N–H and O–H groups in total. The first-order valence-electron chi connectivity index (χ1n) is 9.33. The molecule has 27 heavy (non-hydrogen) atoms. The van der Waals surface area contributed by atoms with Gasteiger partial charge in [-0.1, -0.05) is 0 Å². The number of fused-ring (bicyclic) bond motifs is 1. The van der Waals surface area contributed by atoms with Crippen LogP contribution in [-0.4, -0.2) is 20.4 Å². The normalized spacial score (nSPS) is 14.3. The number of hydrogen-bond acceptors (Lipinski definition) is 4. The molecule has 2 aromatic heterocycles. The van der Waals surface area contributed by atoms with Gasteiger partial charge in [-0.3, -0.25) is 9.78 Å². The Morgan fingerprint density at radius 3 is 2.74 bits per heavy atom. The van der Waals surface area contributed by atoms with E-state index in [0.717, 1.165) is 35.9 Å². The molecule has 0 aliphatic carbocycles. The van der Waals surface area contributed by atoms with Gasteiger partial charge in [0.2, 0.25) is 0 Å². The zero-order valence-corrected chi connectivity index (χ0v) is 15.4. The van der Waals surface area contributed by atoms with Crippen LogP contribution in [0.2, 0.25) is 0 Å². The van der Waals surface area contributed by atoms with E-state index < -0.39 is 0 Å². The van der Waals surface area contributed by atoms with Crippen LogP contribution in [0.5, 0.6) is 0 Å². The summed E-state index contributed by atoms with van der Waals surface area (Å²) in [6.45, 7) is 2.99. The number of anilines is 2. The second kappa shape index (κ2) is 7.61. The maximum Gasteiger partial charge on any atom is 0.251 e. The molecule has 0 radical (unpaired) electrons. The zero-order chi connectivity index (χ0) is 18.6. The number of aromatic nitrogens is 3. The Morgan fingerprint density at radius 1 is 1.11 bits per heavy atom. The number of carbonyl (C=O) groups excluding carboxylic acids is 1. The number of aryl methyl sites for hydroxylation is 1. The number of benzene rings is 1. The van der Waals surface area contributed by atoms with E-state index >= 15 is 0 Å². The molecule has 1 aliphatic rings. The van der Waals surface area contributed by atoms with Crippen molar-refractivity contribution in [2.45, 2.75) is 38.8 Å². The van der Waals surface area contributed by atoms with Crippen molar-refractivity contribution < 1.29 is 4.79 Å². The van der Waals surface area contributed by atoms with Gasteiger partial charge in [0, 0.05) is 30.4 Å². The van der Waals surface area contributed by atoms with Gasteiger partial charge in [-0.05, 0) is 56.2 Å². The summed E-state index contributed by atoms with van der Waals surface area (Å²) < 4.78 is 2.25. The minimum atomic E-state index is -0.0817. The zero-order valence-electron chi connectivity index (χ0n) is 15.4. The van der Waals surface area contributed by atoms with Crippen LogP contribution in [0.25, 0.3) is 0 Å². The van der Waals surface area contributed by atoms with Crippen molar-refractivity contribution in [1.82, 2.24) is 19.9 Å². The van der Waals surface area contributed by atoms with Gasteiger partial charge in [-0.25, -0.2) is 4.98 Å². The number of amides is 1.